The molecule has 1 spiro atoms. The lowest BCUT2D eigenvalue weighted by Crippen LogP contribution is -2.25. The highest BCUT2D eigenvalue weighted by Crippen LogP contribution is 2.38. The molecule has 1 aliphatic carbocycles. The zero-order valence-corrected chi connectivity index (χ0v) is 17.1. The van der Waals surface area contributed by atoms with E-state index in [-0.39, 0.29) is 11.6 Å². The monoisotopic (exact) mass is 411 g/mol. The topological polar surface area (TPSA) is 53.8 Å². The summed E-state index contributed by atoms with van der Waals surface area (Å²) in [5.74, 6) is 0.259. The van der Waals surface area contributed by atoms with Crippen molar-refractivity contribution in [3.05, 3.63) is 65.2 Å². The van der Waals surface area contributed by atoms with Gasteiger partial charge in [0.05, 0.1) is 11.5 Å². The lowest BCUT2D eigenvalue weighted by molar-refractivity contribution is -0.113. The number of amides is 1. The van der Waals surface area contributed by atoms with Crippen molar-refractivity contribution in [1.82, 2.24) is 0 Å². The third-order valence-electron chi connectivity index (χ3n) is 5.00. The van der Waals surface area contributed by atoms with E-state index in [0.717, 1.165) is 47.7 Å². The smallest absolute Gasteiger partial charge is 0.234 e. The first kappa shape index (κ1) is 19.2. The summed E-state index contributed by atoms with van der Waals surface area (Å²) in [7, 11) is 0. The van der Waals surface area contributed by atoms with Crippen molar-refractivity contribution in [2.75, 3.05) is 11.1 Å². The largest absolute Gasteiger partial charge is 0.325 e. The Hall–Kier alpha value is -2.11. The molecule has 1 saturated carbocycles. The van der Waals surface area contributed by atoms with Crippen LogP contribution in [0.4, 0.5) is 5.69 Å². The summed E-state index contributed by atoms with van der Waals surface area (Å²) in [6, 6.07) is 17.2. The minimum atomic E-state index is -0.342. The number of carbonyl (C=O) groups is 1. The van der Waals surface area contributed by atoms with Crippen LogP contribution < -0.4 is 5.32 Å². The molecule has 6 heteroatoms. The fraction of sp³-hybridized carbons (Fsp3) is 0.318. The number of nitrogens with one attached hydrogen (secondary N) is 1. The summed E-state index contributed by atoms with van der Waals surface area (Å²) in [6.07, 6.45) is 5.49. The van der Waals surface area contributed by atoms with Gasteiger partial charge in [0.1, 0.15) is 5.04 Å². The van der Waals surface area contributed by atoms with E-state index < -0.39 is 0 Å². The van der Waals surface area contributed by atoms with E-state index in [2.05, 4.69) is 5.32 Å². The zero-order chi connectivity index (χ0) is 19.4. The minimum Gasteiger partial charge on any atom is -0.325 e. The molecule has 28 heavy (non-hydrogen) atoms. The normalized spacial score (nSPS) is 17.9. The summed E-state index contributed by atoms with van der Waals surface area (Å²) >= 11 is 7.51. The molecule has 1 fully saturated rings. The number of thioether (sulfide) groups is 1. The van der Waals surface area contributed by atoms with Crippen molar-refractivity contribution in [3.63, 3.8) is 0 Å². The number of anilines is 1. The molecule has 2 aliphatic rings. The lowest BCUT2D eigenvalue weighted by Gasteiger charge is -2.27. The van der Waals surface area contributed by atoms with E-state index in [4.69, 9.17) is 21.6 Å². The van der Waals surface area contributed by atoms with Crippen molar-refractivity contribution < 1.29 is 4.79 Å². The number of hydrogen-bond acceptors (Lipinski definition) is 4. The Bertz CT molecular complexity index is 903. The SMILES string of the molecule is O=C(CSC1=NC2(CCCCC2)N=C1c1ccc(Cl)cc1)Nc1ccccc1. The van der Waals surface area contributed by atoms with Gasteiger partial charge in [0, 0.05) is 16.3 Å². The van der Waals surface area contributed by atoms with Crippen LogP contribution in [0.15, 0.2) is 64.6 Å². The van der Waals surface area contributed by atoms with Crippen LogP contribution in [0.25, 0.3) is 0 Å². The van der Waals surface area contributed by atoms with E-state index in [1.807, 2.05) is 54.6 Å². The van der Waals surface area contributed by atoms with Gasteiger partial charge < -0.3 is 5.32 Å². The van der Waals surface area contributed by atoms with Crippen LogP contribution in [0.1, 0.15) is 37.7 Å². The molecule has 144 valence electrons. The Morgan fingerprint density at radius 3 is 2.43 bits per heavy atom. The molecule has 1 aliphatic heterocycles. The van der Waals surface area contributed by atoms with Crippen LogP contribution in [0.2, 0.25) is 5.02 Å². The van der Waals surface area contributed by atoms with Gasteiger partial charge in [0.25, 0.3) is 0 Å². The number of benzene rings is 2. The third kappa shape index (κ3) is 4.47. The fourth-order valence-corrected chi connectivity index (χ4v) is 4.61. The summed E-state index contributed by atoms with van der Waals surface area (Å²) in [4.78, 5) is 22.4. The van der Waals surface area contributed by atoms with Gasteiger partial charge in [-0.05, 0) is 49.9 Å². The standard InChI is InChI=1S/C22H22ClN3OS/c23-17-11-9-16(10-12-17)20-21(26-22(25-20)13-5-2-6-14-22)28-15-19(27)24-18-7-3-1-4-8-18/h1,3-4,7-12H,2,5-6,13-15H2,(H,24,27). The molecule has 2 aromatic carbocycles. The number of halogens is 1. The second-order valence-corrected chi connectivity index (χ2v) is 8.53. The minimum absolute atomic E-state index is 0.0426. The van der Waals surface area contributed by atoms with Crippen molar-refractivity contribution in [2.24, 2.45) is 9.98 Å². The summed E-state index contributed by atoms with van der Waals surface area (Å²) in [6.45, 7) is 0. The molecule has 0 atom stereocenters. The van der Waals surface area contributed by atoms with E-state index in [1.54, 1.807) is 0 Å². The Labute approximate surface area is 174 Å². The van der Waals surface area contributed by atoms with Gasteiger partial charge in [-0.2, -0.15) is 0 Å². The van der Waals surface area contributed by atoms with Crippen LogP contribution in [0, 0.1) is 0 Å². The number of carbonyl (C=O) groups excluding carboxylic acids is 1. The molecule has 2 aromatic rings. The summed E-state index contributed by atoms with van der Waals surface area (Å²) in [5, 5.41) is 4.48. The predicted molar refractivity (Wildman–Crippen MR) is 119 cm³/mol. The molecule has 0 saturated heterocycles. The van der Waals surface area contributed by atoms with E-state index in [9.17, 15) is 4.79 Å². The van der Waals surface area contributed by atoms with Crippen molar-refractivity contribution in [2.45, 2.75) is 37.8 Å². The van der Waals surface area contributed by atoms with E-state index in [0.29, 0.717) is 10.8 Å². The Morgan fingerprint density at radius 2 is 1.71 bits per heavy atom. The Balaban J connectivity index is 1.51. The summed E-state index contributed by atoms with van der Waals surface area (Å²) in [5.41, 5.74) is 2.35. The van der Waals surface area contributed by atoms with Crippen LogP contribution >= 0.6 is 23.4 Å². The molecule has 0 unspecified atom stereocenters. The van der Waals surface area contributed by atoms with Gasteiger partial charge in [-0.25, -0.2) is 4.99 Å². The molecular formula is C22H22ClN3OS. The lowest BCUT2D eigenvalue weighted by atomic mass is 9.90. The van der Waals surface area contributed by atoms with Crippen molar-refractivity contribution >= 4 is 45.7 Å². The zero-order valence-electron chi connectivity index (χ0n) is 15.5. The highest BCUT2D eigenvalue weighted by molar-refractivity contribution is 8.16. The maximum atomic E-state index is 12.4. The van der Waals surface area contributed by atoms with Gasteiger partial charge in [0.15, 0.2) is 5.66 Å². The predicted octanol–water partition coefficient (Wildman–Crippen LogP) is 5.57. The highest BCUT2D eigenvalue weighted by atomic mass is 35.5. The maximum absolute atomic E-state index is 12.4. The van der Waals surface area contributed by atoms with E-state index in [1.165, 1.54) is 18.2 Å². The second-order valence-electron chi connectivity index (χ2n) is 7.13. The number of nitrogens with zero attached hydrogens (tertiary/aromatic N) is 2. The fourth-order valence-electron chi connectivity index (χ4n) is 3.61. The molecule has 1 heterocycles. The van der Waals surface area contributed by atoms with Crippen LogP contribution in [0.5, 0.6) is 0 Å². The molecular weight excluding hydrogens is 390 g/mol. The number of para-hydroxylation sites is 1. The van der Waals surface area contributed by atoms with Gasteiger partial charge in [-0.3, -0.25) is 9.79 Å². The molecule has 1 amide bonds. The molecule has 0 bridgehead atoms. The van der Waals surface area contributed by atoms with Crippen LogP contribution in [-0.2, 0) is 4.79 Å². The molecule has 1 N–H and O–H groups in total. The molecule has 4 rings (SSSR count). The van der Waals surface area contributed by atoms with Crippen LogP contribution in [0.3, 0.4) is 0 Å². The average Bonchev–Trinajstić information content (AvgIpc) is 3.06. The van der Waals surface area contributed by atoms with Crippen LogP contribution in [-0.4, -0.2) is 28.1 Å². The van der Waals surface area contributed by atoms with Gasteiger partial charge in [-0.1, -0.05) is 60.1 Å². The molecule has 0 aromatic heterocycles. The number of rotatable bonds is 4. The maximum Gasteiger partial charge on any atom is 0.234 e. The average molecular weight is 412 g/mol. The van der Waals surface area contributed by atoms with Gasteiger partial charge in [0.2, 0.25) is 5.91 Å². The first-order valence-electron chi connectivity index (χ1n) is 9.57. The molecule has 0 radical (unpaired) electrons. The highest BCUT2D eigenvalue weighted by Gasteiger charge is 2.37. The van der Waals surface area contributed by atoms with Crippen molar-refractivity contribution in [3.8, 4) is 0 Å². The Morgan fingerprint density at radius 1 is 1.00 bits per heavy atom. The quantitative estimate of drug-likeness (QED) is 0.714. The summed E-state index contributed by atoms with van der Waals surface area (Å²) < 4.78 is 0. The van der Waals surface area contributed by atoms with Gasteiger partial charge >= 0.3 is 0 Å². The number of hydrogen-bond donors (Lipinski definition) is 1. The second kappa shape index (κ2) is 8.50. The van der Waals surface area contributed by atoms with Gasteiger partial charge in [-0.15, -0.1) is 0 Å². The first-order valence-corrected chi connectivity index (χ1v) is 10.9. The third-order valence-corrected chi connectivity index (χ3v) is 6.22. The molecule has 4 nitrogen and oxygen atoms in total. The van der Waals surface area contributed by atoms with Crippen molar-refractivity contribution in [1.29, 1.82) is 0 Å². The first-order chi connectivity index (χ1) is 13.6. The number of aliphatic imine (C=N–C) groups is 2. The Kier molecular flexibility index (Phi) is 5.83. The van der Waals surface area contributed by atoms with E-state index >= 15 is 0 Å².